The molecule has 0 aliphatic carbocycles. The molecule has 1 aromatic carbocycles. The second-order valence-corrected chi connectivity index (χ2v) is 5.71. The molecule has 2 heterocycles. The van der Waals surface area contributed by atoms with E-state index in [4.69, 9.17) is 4.74 Å². The predicted octanol–water partition coefficient (Wildman–Crippen LogP) is 2.10. The topological polar surface area (TPSA) is 66.5 Å². The molecule has 0 saturated carbocycles. The number of pyridine rings is 1. The third kappa shape index (κ3) is 5.34. The van der Waals surface area contributed by atoms with Crippen molar-refractivity contribution in [1.82, 2.24) is 10.3 Å². The first-order chi connectivity index (χ1) is 11.7. The molecule has 6 nitrogen and oxygen atoms in total. The smallest absolute Gasteiger partial charge is 0.229 e. The molecule has 134 valence electrons. The molecule has 1 aromatic heterocycles. The third-order valence-electron chi connectivity index (χ3n) is 4.02. The molecule has 0 bridgehead atoms. The fraction of sp³-hybridized carbons (Fsp3) is 0.333. The van der Waals surface area contributed by atoms with Gasteiger partial charge in [0.2, 0.25) is 5.91 Å². The highest BCUT2D eigenvalue weighted by Crippen LogP contribution is 2.16. The molecular formula is C18H23ClN4O2. The Hall–Kier alpha value is -2.31. The number of carbonyl (C=O) groups is 1. The lowest BCUT2D eigenvalue weighted by Crippen LogP contribution is -2.43. The molecule has 2 N–H and O–H groups in total. The lowest BCUT2D eigenvalue weighted by molar-refractivity contribution is -0.115. The van der Waals surface area contributed by atoms with Crippen LogP contribution in [-0.2, 0) is 11.2 Å². The Morgan fingerprint density at radius 3 is 2.52 bits per heavy atom. The fourth-order valence-corrected chi connectivity index (χ4v) is 2.69. The van der Waals surface area contributed by atoms with Gasteiger partial charge < -0.3 is 20.3 Å². The average Bonchev–Trinajstić information content (AvgIpc) is 2.64. The first-order valence-corrected chi connectivity index (χ1v) is 8.09. The summed E-state index contributed by atoms with van der Waals surface area (Å²) in [7, 11) is 1.62. The molecule has 2 aromatic rings. The zero-order valence-electron chi connectivity index (χ0n) is 14.2. The van der Waals surface area contributed by atoms with Crippen molar-refractivity contribution in [3.8, 4) is 5.75 Å². The van der Waals surface area contributed by atoms with E-state index < -0.39 is 0 Å². The van der Waals surface area contributed by atoms with Crippen LogP contribution in [0.1, 0.15) is 5.56 Å². The van der Waals surface area contributed by atoms with Gasteiger partial charge in [0.1, 0.15) is 11.6 Å². The van der Waals surface area contributed by atoms with Crippen molar-refractivity contribution in [3.63, 3.8) is 0 Å². The monoisotopic (exact) mass is 362 g/mol. The summed E-state index contributed by atoms with van der Waals surface area (Å²) in [5.74, 6) is 1.28. The summed E-state index contributed by atoms with van der Waals surface area (Å²) in [6.45, 7) is 3.93. The number of amides is 1. The van der Waals surface area contributed by atoms with Crippen LogP contribution >= 0.6 is 12.4 Å². The van der Waals surface area contributed by atoms with E-state index in [1.54, 1.807) is 7.11 Å². The molecule has 0 radical (unpaired) electrons. The van der Waals surface area contributed by atoms with Gasteiger partial charge in [0.25, 0.3) is 0 Å². The Bertz CT molecular complexity index is 670. The zero-order valence-corrected chi connectivity index (χ0v) is 15.0. The number of nitrogens with zero attached hydrogens (tertiary/aromatic N) is 2. The SMILES string of the molecule is COc1ccc(CC(=O)Nc2ccc(N3CCNCC3)cn2)cc1.Cl. The normalized spacial score (nSPS) is 13.7. The number of halogens is 1. The number of benzene rings is 1. The molecular weight excluding hydrogens is 340 g/mol. The van der Waals surface area contributed by atoms with E-state index in [1.807, 2.05) is 42.6 Å². The molecule has 3 rings (SSSR count). The zero-order chi connectivity index (χ0) is 16.8. The maximum atomic E-state index is 12.1. The standard InChI is InChI=1S/C18H22N4O2.ClH/c1-24-16-5-2-14(3-6-16)12-18(23)21-17-7-4-15(13-20-17)22-10-8-19-9-11-22;/h2-7,13,19H,8-12H2,1H3,(H,20,21,23);1H. The number of hydrogen-bond acceptors (Lipinski definition) is 5. The number of rotatable bonds is 5. The van der Waals surface area contributed by atoms with Gasteiger partial charge in [0.05, 0.1) is 25.4 Å². The van der Waals surface area contributed by atoms with E-state index in [0.29, 0.717) is 12.2 Å². The van der Waals surface area contributed by atoms with Gasteiger partial charge in [-0.1, -0.05) is 12.1 Å². The van der Waals surface area contributed by atoms with Gasteiger partial charge in [-0.3, -0.25) is 4.79 Å². The molecule has 7 heteroatoms. The summed E-state index contributed by atoms with van der Waals surface area (Å²) in [4.78, 5) is 18.8. The minimum Gasteiger partial charge on any atom is -0.497 e. The van der Waals surface area contributed by atoms with E-state index in [1.165, 1.54) is 0 Å². The number of carbonyl (C=O) groups excluding carboxylic acids is 1. The minimum absolute atomic E-state index is 0. The molecule has 1 fully saturated rings. The Morgan fingerprint density at radius 1 is 1.20 bits per heavy atom. The average molecular weight is 363 g/mol. The van der Waals surface area contributed by atoms with Gasteiger partial charge in [-0.2, -0.15) is 0 Å². The molecule has 1 amide bonds. The number of aromatic nitrogens is 1. The summed E-state index contributed by atoms with van der Waals surface area (Å²) in [6.07, 6.45) is 2.12. The highest BCUT2D eigenvalue weighted by Gasteiger charge is 2.11. The summed E-state index contributed by atoms with van der Waals surface area (Å²) < 4.78 is 5.11. The predicted molar refractivity (Wildman–Crippen MR) is 102 cm³/mol. The summed E-state index contributed by atoms with van der Waals surface area (Å²) in [5, 5.41) is 6.16. The van der Waals surface area contributed by atoms with Crippen molar-refractivity contribution >= 4 is 29.8 Å². The van der Waals surface area contributed by atoms with Crippen molar-refractivity contribution in [2.24, 2.45) is 0 Å². The molecule has 1 aliphatic heterocycles. The first-order valence-electron chi connectivity index (χ1n) is 8.09. The van der Waals surface area contributed by atoms with Crippen molar-refractivity contribution in [1.29, 1.82) is 0 Å². The Balaban J connectivity index is 0.00000225. The Kier molecular flexibility index (Phi) is 7.03. The number of anilines is 2. The Labute approximate surface area is 154 Å². The van der Waals surface area contributed by atoms with Crippen molar-refractivity contribution < 1.29 is 9.53 Å². The van der Waals surface area contributed by atoms with Crippen LogP contribution in [0.2, 0.25) is 0 Å². The van der Waals surface area contributed by atoms with Gasteiger partial charge >= 0.3 is 0 Å². The van der Waals surface area contributed by atoms with Crippen LogP contribution in [0.5, 0.6) is 5.75 Å². The van der Waals surface area contributed by atoms with Gasteiger partial charge in [-0.25, -0.2) is 4.98 Å². The van der Waals surface area contributed by atoms with Crippen LogP contribution in [0.15, 0.2) is 42.6 Å². The van der Waals surface area contributed by atoms with Gasteiger partial charge in [-0.05, 0) is 29.8 Å². The van der Waals surface area contributed by atoms with Crippen LogP contribution in [-0.4, -0.2) is 44.2 Å². The van der Waals surface area contributed by atoms with Crippen LogP contribution in [0.3, 0.4) is 0 Å². The first kappa shape index (κ1) is 19.0. The minimum atomic E-state index is -0.0809. The number of piperazine rings is 1. The second kappa shape index (κ2) is 9.25. The lowest BCUT2D eigenvalue weighted by Gasteiger charge is -2.29. The molecule has 0 atom stereocenters. The van der Waals surface area contributed by atoms with E-state index in [-0.39, 0.29) is 18.3 Å². The maximum Gasteiger partial charge on any atom is 0.229 e. The van der Waals surface area contributed by atoms with Crippen LogP contribution in [0, 0.1) is 0 Å². The molecule has 1 aliphatic rings. The van der Waals surface area contributed by atoms with E-state index >= 15 is 0 Å². The summed E-state index contributed by atoms with van der Waals surface area (Å²) >= 11 is 0. The van der Waals surface area contributed by atoms with Crippen LogP contribution < -0.4 is 20.3 Å². The maximum absolute atomic E-state index is 12.1. The third-order valence-corrected chi connectivity index (χ3v) is 4.02. The van der Waals surface area contributed by atoms with Gasteiger partial charge in [0.15, 0.2) is 0 Å². The van der Waals surface area contributed by atoms with Crippen LogP contribution in [0.4, 0.5) is 11.5 Å². The van der Waals surface area contributed by atoms with Crippen molar-refractivity contribution in [2.45, 2.75) is 6.42 Å². The van der Waals surface area contributed by atoms with Crippen LogP contribution in [0.25, 0.3) is 0 Å². The number of nitrogens with one attached hydrogen (secondary N) is 2. The van der Waals surface area contributed by atoms with E-state index in [0.717, 1.165) is 43.2 Å². The highest BCUT2D eigenvalue weighted by atomic mass is 35.5. The largest absolute Gasteiger partial charge is 0.497 e. The van der Waals surface area contributed by atoms with Crippen molar-refractivity contribution in [2.75, 3.05) is 43.5 Å². The molecule has 1 saturated heterocycles. The highest BCUT2D eigenvalue weighted by molar-refractivity contribution is 5.91. The van der Waals surface area contributed by atoms with Gasteiger partial charge in [-0.15, -0.1) is 12.4 Å². The summed E-state index contributed by atoms with van der Waals surface area (Å²) in [6, 6.07) is 11.3. The molecule has 0 unspecified atom stereocenters. The number of methoxy groups -OCH3 is 1. The van der Waals surface area contributed by atoms with Gasteiger partial charge in [0, 0.05) is 26.2 Å². The molecule has 25 heavy (non-hydrogen) atoms. The van der Waals surface area contributed by atoms with E-state index in [9.17, 15) is 4.79 Å². The van der Waals surface area contributed by atoms with Crippen molar-refractivity contribution in [3.05, 3.63) is 48.2 Å². The number of hydrogen-bond donors (Lipinski definition) is 2. The lowest BCUT2D eigenvalue weighted by atomic mass is 10.1. The second-order valence-electron chi connectivity index (χ2n) is 5.71. The Morgan fingerprint density at radius 2 is 1.92 bits per heavy atom. The fourth-order valence-electron chi connectivity index (χ4n) is 2.69. The molecule has 0 spiro atoms. The quantitative estimate of drug-likeness (QED) is 0.852. The summed E-state index contributed by atoms with van der Waals surface area (Å²) in [5.41, 5.74) is 2.02. The van der Waals surface area contributed by atoms with E-state index in [2.05, 4.69) is 20.5 Å². The number of ether oxygens (including phenoxy) is 1.